The molecule has 0 radical (unpaired) electrons. The molecule has 0 bridgehead atoms. The number of nitriles is 1. The average molecular weight is 199 g/mol. The Kier molecular flexibility index (Phi) is 2.65. The number of pyridine rings is 1. The molecule has 0 fully saturated rings. The van der Waals surface area contributed by atoms with Crippen LogP contribution in [0.2, 0.25) is 0 Å². The Morgan fingerprint density at radius 2 is 2.33 bits per heavy atom. The van der Waals surface area contributed by atoms with Gasteiger partial charge in [0.15, 0.2) is 0 Å². The van der Waals surface area contributed by atoms with E-state index >= 15 is 0 Å². The van der Waals surface area contributed by atoms with Gasteiger partial charge in [-0.25, -0.2) is 4.98 Å². The summed E-state index contributed by atoms with van der Waals surface area (Å²) < 4.78 is 4.94. The van der Waals surface area contributed by atoms with Crippen LogP contribution in [-0.4, -0.2) is 4.98 Å². The zero-order chi connectivity index (χ0) is 10.5. The Hall–Kier alpha value is -2.28. The van der Waals surface area contributed by atoms with E-state index < -0.39 is 0 Å². The van der Waals surface area contributed by atoms with E-state index in [4.69, 9.17) is 9.68 Å². The molecule has 74 valence electrons. The summed E-state index contributed by atoms with van der Waals surface area (Å²) >= 11 is 0. The lowest BCUT2D eigenvalue weighted by molar-refractivity contribution is 0.564. The van der Waals surface area contributed by atoms with Gasteiger partial charge in [-0.1, -0.05) is 6.07 Å². The van der Waals surface area contributed by atoms with Crippen molar-refractivity contribution < 1.29 is 4.42 Å². The number of aromatic nitrogens is 1. The zero-order valence-electron chi connectivity index (χ0n) is 7.97. The van der Waals surface area contributed by atoms with Gasteiger partial charge in [0.25, 0.3) is 0 Å². The number of furan rings is 1. The fourth-order valence-corrected chi connectivity index (χ4v) is 1.18. The van der Waals surface area contributed by atoms with Gasteiger partial charge in [0.2, 0.25) is 0 Å². The maximum absolute atomic E-state index is 8.66. The van der Waals surface area contributed by atoms with Gasteiger partial charge >= 0.3 is 0 Å². The summed E-state index contributed by atoms with van der Waals surface area (Å²) in [5.41, 5.74) is 1.45. The van der Waals surface area contributed by atoms with Gasteiger partial charge in [0.05, 0.1) is 12.5 Å². The first kappa shape index (κ1) is 9.28. The molecule has 0 atom stereocenters. The van der Waals surface area contributed by atoms with Crippen molar-refractivity contribution in [3.63, 3.8) is 0 Å². The SMILES string of the molecule is N#Cc1cccc(NCc2ccoc2)n1. The minimum absolute atomic E-state index is 0.409. The summed E-state index contributed by atoms with van der Waals surface area (Å²) in [6.45, 7) is 0.637. The molecule has 0 saturated heterocycles. The van der Waals surface area contributed by atoms with Crippen molar-refractivity contribution in [1.82, 2.24) is 4.98 Å². The minimum Gasteiger partial charge on any atom is -0.472 e. The molecule has 0 spiro atoms. The highest BCUT2D eigenvalue weighted by Crippen LogP contribution is 2.07. The van der Waals surface area contributed by atoms with Gasteiger partial charge in [0.1, 0.15) is 17.6 Å². The summed E-state index contributed by atoms with van der Waals surface area (Å²) in [6, 6.07) is 9.15. The van der Waals surface area contributed by atoms with Gasteiger partial charge in [-0.3, -0.25) is 0 Å². The molecule has 0 aliphatic heterocycles. The molecule has 0 unspecified atom stereocenters. The van der Waals surface area contributed by atoms with Gasteiger partial charge < -0.3 is 9.73 Å². The largest absolute Gasteiger partial charge is 0.472 e. The molecular formula is C11H9N3O. The number of nitrogens with one attached hydrogen (secondary N) is 1. The predicted octanol–water partition coefficient (Wildman–Crippen LogP) is 2.16. The Morgan fingerprint density at radius 1 is 1.40 bits per heavy atom. The summed E-state index contributed by atoms with van der Waals surface area (Å²) in [4.78, 5) is 4.09. The molecule has 0 aliphatic rings. The Morgan fingerprint density at radius 3 is 3.07 bits per heavy atom. The molecule has 1 N–H and O–H groups in total. The first-order valence-corrected chi connectivity index (χ1v) is 4.50. The standard InChI is InChI=1S/C11H9N3O/c12-6-10-2-1-3-11(14-10)13-7-9-4-5-15-8-9/h1-5,8H,7H2,(H,13,14). The van der Waals surface area contributed by atoms with Crippen LogP contribution in [0, 0.1) is 11.3 Å². The van der Waals surface area contributed by atoms with E-state index in [1.807, 2.05) is 18.2 Å². The number of hydrogen-bond acceptors (Lipinski definition) is 4. The zero-order valence-corrected chi connectivity index (χ0v) is 7.97. The van der Waals surface area contributed by atoms with Crippen molar-refractivity contribution >= 4 is 5.82 Å². The Labute approximate surface area is 87.2 Å². The van der Waals surface area contributed by atoms with Crippen molar-refractivity contribution in [2.45, 2.75) is 6.54 Å². The van der Waals surface area contributed by atoms with Crippen LogP contribution in [0.25, 0.3) is 0 Å². The Bertz CT molecular complexity index is 471. The van der Waals surface area contributed by atoms with E-state index in [2.05, 4.69) is 10.3 Å². The molecule has 15 heavy (non-hydrogen) atoms. The number of anilines is 1. The molecule has 0 amide bonds. The average Bonchev–Trinajstić information content (AvgIpc) is 2.79. The third kappa shape index (κ3) is 2.35. The second-order valence-electron chi connectivity index (χ2n) is 3.01. The van der Waals surface area contributed by atoms with Crippen LogP contribution in [0.3, 0.4) is 0 Å². The fourth-order valence-electron chi connectivity index (χ4n) is 1.18. The topological polar surface area (TPSA) is 61.9 Å². The molecule has 4 heteroatoms. The van der Waals surface area contributed by atoms with Crippen molar-refractivity contribution in [2.24, 2.45) is 0 Å². The molecule has 2 aromatic heterocycles. The highest BCUT2D eigenvalue weighted by atomic mass is 16.3. The second-order valence-corrected chi connectivity index (χ2v) is 3.01. The number of hydrogen-bond donors (Lipinski definition) is 1. The van der Waals surface area contributed by atoms with Crippen LogP contribution in [0.15, 0.2) is 41.2 Å². The smallest absolute Gasteiger partial charge is 0.142 e. The molecule has 0 aromatic carbocycles. The molecular weight excluding hydrogens is 190 g/mol. The Balaban J connectivity index is 2.02. The van der Waals surface area contributed by atoms with Crippen LogP contribution >= 0.6 is 0 Å². The van der Waals surface area contributed by atoms with Gasteiger partial charge in [-0.05, 0) is 18.2 Å². The molecule has 0 saturated carbocycles. The lowest BCUT2D eigenvalue weighted by Crippen LogP contribution is -2.00. The van der Waals surface area contributed by atoms with E-state index in [9.17, 15) is 0 Å². The number of nitrogens with zero attached hydrogens (tertiary/aromatic N) is 2. The third-order valence-electron chi connectivity index (χ3n) is 1.92. The quantitative estimate of drug-likeness (QED) is 0.822. The lowest BCUT2D eigenvalue weighted by atomic mass is 10.3. The van der Waals surface area contributed by atoms with Crippen molar-refractivity contribution in [3.8, 4) is 6.07 Å². The number of rotatable bonds is 3. The van der Waals surface area contributed by atoms with Gasteiger partial charge in [-0.2, -0.15) is 5.26 Å². The second kappa shape index (κ2) is 4.29. The van der Waals surface area contributed by atoms with Gasteiger partial charge in [0, 0.05) is 12.1 Å². The first-order chi connectivity index (χ1) is 7.38. The van der Waals surface area contributed by atoms with E-state index in [-0.39, 0.29) is 0 Å². The summed E-state index contributed by atoms with van der Waals surface area (Å²) in [5.74, 6) is 0.690. The first-order valence-electron chi connectivity index (χ1n) is 4.50. The summed E-state index contributed by atoms with van der Waals surface area (Å²) in [7, 11) is 0. The molecule has 4 nitrogen and oxygen atoms in total. The minimum atomic E-state index is 0.409. The maximum Gasteiger partial charge on any atom is 0.142 e. The van der Waals surface area contributed by atoms with E-state index in [1.165, 1.54) is 0 Å². The van der Waals surface area contributed by atoms with Crippen molar-refractivity contribution in [1.29, 1.82) is 5.26 Å². The maximum atomic E-state index is 8.66. The van der Waals surface area contributed by atoms with Crippen LogP contribution in [-0.2, 0) is 6.54 Å². The highest BCUT2D eigenvalue weighted by molar-refractivity contribution is 5.38. The van der Waals surface area contributed by atoms with Crippen LogP contribution in [0.1, 0.15) is 11.3 Å². The van der Waals surface area contributed by atoms with Gasteiger partial charge in [-0.15, -0.1) is 0 Å². The predicted molar refractivity (Wildman–Crippen MR) is 55.0 cm³/mol. The fraction of sp³-hybridized carbons (Fsp3) is 0.0909. The molecule has 2 aromatic rings. The normalized spacial score (nSPS) is 9.53. The van der Waals surface area contributed by atoms with Crippen LogP contribution < -0.4 is 5.32 Å². The van der Waals surface area contributed by atoms with Crippen molar-refractivity contribution in [2.75, 3.05) is 5.32 Å². The van der Waals surface area contributed by atoms with E-state index in [1.54, 1.807) is 24.7 Å². The van der Waals surface area contributed by atoms with E-state index in [0.717, 1.165) is 5.56 Å². The van der Waals surface area contributed by atoms with Crippen LogP contribution in [0.4, 0.5) is 5.82 Å². The summed E-state index contributed by atoms with van der Waals surface area (Å²) in [6.07, 6.45) is 3.29. The monoisotopic (exact) mass is 199 g/mol. The highest BCUT2D eigenvalue weighted by Gasteiger charge is 1.97. The van der Waals surface area contributed by atoms with E-state index in [0.29, 0.717) is 18.1 Å². The third-order valence-corrected chi connectivity index (χ3v) is 1.92. The molecule has 2 rings (SSSR count). The molecule has 2 heterocycles. The lowest BCUT2D eigenvalue weighted by Gasteiger charge is -2.02. The van der Waals surface area contributed by atoms with Crippen molar-refractivity contribution in [3.05, 3.63) is 48.0 Å². The summed E-state index contributed by atoms with van der Waals surface area (Å²) in [5, 5.41) is 11.8. The molecule has 0 aliphatic carbocycles. The van der Waals surface area contributed by atoms with Crippen LogP contribution in [0.5, 0.6) is 0 Å².